The highest BCUT2D eigenvalue weighted by molar-refractivity contribution is 5.94. The van der Waals surface area contributed by atoms with E-state index in [1.807, 2.05) is 6.07 Å². The summed E-state index contributed by atoms with van der Waals surface area (Å²) in [6.07, 6.45) is -2.08. The van der Waals surface area contributed by atoms with E-state index in [-0.39, 0.29) is 22.7 Å². The fraction of sp³-hybridized carbons (Fsp3) is 0.111. The first-order chi connectivity index (χ1) is 13.4. The van der Waals surface area contributed by atoms with E-state index in [1.165, 1.54) is 35.5 Å². The second-order valence-corrected chi connectivity index (χ2v) is 5.51. The number of halogens is 3. The molecule has 0 atom stereocenters. The number of hydrogen-bond acceptors (Lipinski definition) is 5. The van der Waals surface area contributed by atoms with Gasteiger partial charge in [-0.1, -0.05) is 12.1 Å². The molecule has 1 aromatic heterocycles. The number of benzene rings is 2. The molecule has 0 fully saturated rings. The number of hydrogen-bond donors (Lipinski definition) is 1. The zero-order valence-electron chi connectivity index (χ0n) is 14.1. The average Bonchev–Trinajstić information content (AvgIpc) is 3.20. The maximum absolute atomic E-state index is 13.0. The molecule has 7 nitrogen and oxygen atoms in total. The third-order valence-corrected chi connectivity index (χ3v) is 3.63. The van der Waals surface area contributed by atoms with Crippen molar-refractivity contribution < 1.29 is 22.7 Å². The van der Waals surface area contributed by atoms with Gasteiger partial charge in [0, 0.05) is 0 Å². The van der Waals surface area contributed by atoms with Gasteiger partial charge in [-0.3, -0.25) is 4.79 Å². The van der Waals surface area contributed by atoms with Gasteiger partial charge in [0.05, 0.1) is 22.5 Å². The van der Waals surface area contributed by atoms with Gasteiger partial charge in [0.2, 0.25) is 0 Å². The summed E-state index contributed by atoms with van der Waals surface area (Å²) in [4.78, 5) is 16.0. The topological polar surface area (TPSA) is 92.8 Å². The smallest absolute Gasteiger partial charge is 0.416 e. The van der Waals surface area contributed by atoms with Crippen molar-refractivity contribution in [3.63, 3.8) is 0 Å². The Bertz CT molecular complexity index is 1030. The Labute approximate surface area is 157 Å². The van der Waals surface area contributed by atoms with Crippen LogP contribution in [0.2, 0.25) is 0 Å². The first kappa shape index (κ1) is 18.9. The highest BCUT2D eigenvalue weighted by Crippen LogP contribution is 2.33. The molecule has 0 saturated carbocycles. The summed E-state index contributed by atoms with van der Waals surface area (Å²) in [6.45, 7) is -0.494. The van der Waals surface area contributed by atoms with Gasteiger partial charge in [-0.2, -0.15) is 23.5 Å². The average molecular weight is 387 g/mol. The summed E-state index contributed by atoms with van der Waals surface area (Å²) in [5, 5.41) is 15.3. The Balaban J connectivity index is 1.81. The fourth-order valence-corrected chi connectivity index (χ4v) is 2.36. The van der Waals surface area contributed by atoms with Gasteiger partial charge in [0.15, 0.2) is 6.61 Å². The number of anilines is 1. The van der Waals surface area contributed by atoms with Gasteiger partial charge in [0.25, 0.3) is 5.91 Å². The molecular formula is C18H12F3N5O2. The molecule has 1 N–H and O–H groups in total. The highest BCUT2D eigenvalue weighted by Gasteiger charge is 2.31. The molecule has 3 rings (SSSR count). The van der Waals surface area contributed by atoms with Crippen LogP contribution < -0.4 is 10.1 Å². The van der Waals surface area contributed by atoms with Crippen molar-refractivity contribution in [1.82, 2.24) is 14.8 Å². The number of nitrogens with one attached hydrogen (secondary N) is 1. The van der Waals surface area contributed by atoms with Gasteiger partial charge >= 0.3 is 6.18 Å². The van der Waals surface area contributed by atoms with E-state index in [1.54, 1.807) is 12.1 Å². The standard InChI is InChI=1S/C18H12F3N5O2/c19-18(20,21)13-5-6-15(26-11-23-10-24-26)14(7-13)25-17(27)9-28-16-4-2-1-3-12(16)8-22/h1-7,10-11H,9H2,(H,25,27). The van der Waals surface area contributed by atoms with Crippen LogP contribution in [0.3, 0.4) is 0 Å². The Kier molecular flexibility index (Phi) is 5.26. The van der Waals surface area contributed by atoms with E-state index in [0.717, 1.165) is 12.1 Å². The largest absolute Gasteiger partial charge is 0.482 e. The third-order valence-electron chi connectivity index (χ3n) is 3.63. The van der Waals surface area contributed by atoms with E-state index in [9.17, 15) is 18.0 Å². The summed E-state index contributed by atoms with van der Waals surface area (Å²) >= 11 is 0. The van der Waals surface area contributed by atoms with Crippen molar-refractivity contribution in [3.05, 3.63) is 66.2 Å². The molecule has 0 spiro atoms. The molecule has 0 aliphatic heterocycles. The highest BCUT2D eigenvalue weighted by atomic mass is 19.4. The van der Waals surface area contributed by atoms with Gasteiger partial charge < -0.3 is 10.1 Å². The van der Waals surface area contributed by atoms with Crippen LogP contribution >= 0.6 is 0 Å². The second-order valence-electron chi connectivity index (χ2n) is 5.51. The fourth-order valence-electron chi connectivity index (χ4n) is 2.36. The van der Waals surface area contributed by atoms with E-state index in [0.29, 0.717) is 0 Å². The molecule has 0 aliphatic carbocycles. The normalized spacial score (nSPS) is 10.9. The predicted molar refractivity (Wildman–Crippen MR) is 91.6 cm³/mol. The number of ether oxygens (including phenoxy) is 1. The molecule has 142 valence electrons. The molecule has 1 heterocycles. The van der Waals surface area contributed by atoms with Crippen molar-refractivity contribution >= 4 is 11.6 Å². The number of amides is 1. The molecule has 0 aliphatic rings. The molecule has 0 unspecified atom stereocenters. The SMILES string of the molecule is N#Cc1ccccc1OCC(=O)Nc1cc(C(F)(F)F)ccc1-n1cncn1. The Morgan fingerprint density at radius 3 is 2.71 bits per heavy atom. The van der Waals surface area contributed by atoms with Gasteiger partial charge in [0.1, 0.15) is 24.5 Å². The minimum atomic E-state index is -4.58. The molecule has 0 radical (unpaired) electrons. The second kappa shape index (κ2) is 7.79. The molecular weight excluding hydrogens is 375 g/mol. The van der Waals surface area contributed by atoms with Crippen molar-refractivity contribution in [2.75, 3.05) is 11.9 Å². The van der Waals surface area contributed by atoms with Gasteiger partial charge in [-0.25, -0.2) is 9.67 Å². The summed E-state index contributed by atoms with van der Waals surface area (Å²) in [5.74, 6) is -0.505. The van der Waals surface area contributed by atoms with Crippen LogP contribution in [0.1, 0.15) is 11.1 Å². The van der Waals surface area contributed by atoms with Crippen LogP contribution in [-0.4, -0.2) is 27.3 Å². The number of carbonyl (C=O) groups excluding carboxylic acids is 1. The maximum Gasteiger partial charge on any atom is 0.416 e. The van der Waals surface area contributed by atoms with E-state index >= 15 is 0 Å². The molecule has 0 saturated heterocycles. The molecule has 0 bridgehead atoms. The van der Waals surface area contributed by atoms with E-state index in [2.05, 4.69) is 15.4 Å². The zero-order chi connectivity index (χ0) is 20.1. The number of nitrogens with zero attached hydrogens (tertiary/aromatic N) is 4. The molecule has 1 amide bonds. The lowest BCUT2D eigenvalue weighted by molar-refractivity contribution is -0.137. The van der Waals surface area contributed by atoms with Gasteiger partial charge in [-0.05, 0) is 30.3 Å². The van der Waals surface area contributed by atoms with E-state index in [4.69, 9.17) is 10.00 Å². The van der Waals surface area contributed by atoms with Crippen molar-refractivity contribution in [2.45, 2.75) is 6.18 Å². The van der Waals surface area contributed by atoms with Crippen molar-refractivity contribution in [1.29, 1.82) is 5.26 Å². The maximum atomic E-state index is 13.0. The summed E-state index contributed by atoms with van der Waals surface area (Å²) in [7, 11) is 0. The molecule has 10 heteroatoms. The van der Waals surface area contributed by atoms with Crippen molar-refractivity contribution in [3.8, 4) is 17.5 Å². The minimum Gasteiger partial charge on any atom is -0.482 e. The predicted octanol–water partition coefficient (Wildman–Crippen LogP) is 3.18. The summed E-state index contributed by atoms with van der Waals surface area (Å²) in [5.41, 5.74) is -0.598. The lowest BCUT2D eigenvalue weighted by Crippen LogP contribution is -2.22. The van der Waals surface area contributed by atoms with Crippen molar-refractivity contribution in [2.24, 2.45) is 0 Å². The Morgan fingerprint density at radius 1 is 1.25 bits per heavy atom. The molecule has 28 heavy (non-hydrogen) atoms. The number of rotatable bonds is 5. The molecule has 2 aromatic carbocycles. The Hall–Kier alpha value is -3.87. The van der Waals surface area contributed by atoms with Crippen LogP contribution in [0.5, 0.6) is 5.75 Å². The molecule has 3 aromatic rings. The Morgan fingerprint density at radius 2 is 2.04 bits per heavy atom. The third kappa shape index (κ3) is 4.27. The van der Waals surface area contributed by atoms with E-state index < -0.39 is 24.3 Å². The number of nitriles is 1. The zero-order valence-corrected chi connectivity index (χ0v) is 14.1. The van der Waals surface area contributed by atoms with Crippen LogP contribution in [0.25, 0.3) is 5.69 Å². The number of carbonyl (C=O) groups is 1. The van der Waals surface area contributed by atoms with Crippen LogP contribution in [0.15, 0.2) is 55.1 Å². The van der Waals surface area contributed by atoms with Crippen LogP contribution in [-0.2, 0) is 11.0 Å². The number of alkyl halides is 3. The first-order valence-corrected chi connectivity index (χ1v) is 7.86. The summed E-state index contributed by atoms with van der Waals surface area (Å²) < 4.78 is 45.6. The van der Waals surface area contributed by atoms with Crippen LogP contribution in [0, 0.1) is 11.3 Å². The lowest BCUT2D eigenvalue weighted by atomic mass is 10.1. The first-order valence-electron chi connectivity index (χ1n) is 7.86. The number of aromatic nitrogens is 3. The minimum absolute atomic E-state index is 0.109. The van der Waals surface area contributed by atoms with Gasteiger partial charge in [-0.15, -0.1) is 0 Å². The lowest BCUT2D eigenvalue weighted by Gasteiger charge is -2.15. The number of para-hydroxylation sites is 1. The quantitative estimate of drug-likeness (QED) is 0.726. The van der Waals surface area contributed by atoms with Crippen LogP contribution in [0.4, 0.5) is 18.9 Å². The summed E-state index contributed by atoms with van der Waals surface area (Å²) in [6, 6.07) is 11.1. The monoisotopic (exact) mass is 387 g/mol.